The van der Waals surface area contributed by atoms with Crippen LogP contribution in [0.25, 0.3) is 0 Å². The molecule has 0 amide bonds. The maximum atomic E-state index is 6.31. The van der Waals surface area contributed by atoms with Gasteiger partial charge in [0.05, 0.1) is 22.5 Å². The Morgan fingerprint density at radius 3 is 2.33 bits per heavy atom. The van der Waals surface area contributed by atoms with E-state index in [2.05, 4.69) is 48.5 Å². The number of hydrogen-bond donors (Lipinski definition) is 1. The van der Waals surface area contributed by atoms with Gasteiger partial charge in [-0.2, -0.15) is 5.10 Å². The van der Waals surface area contributed by atoms with Gasteiger partial charge in [0.2, 0.25) is 0 Å². The molecule has 21 heavy (non-hydrogen) atoms. The third kappa shape index (κ3) is 3.86. The Hall–Kier alpha value is -1.32. The van der Waals surface area contributed by atoms with Crippen molar-refractivity contribution >= 4 is 11.6 Å². The standard InChI is InChI=1S/C17H24ClN3/c1-12(2)10-19-11-16(15-8-6-5-7-9-15)21-14(4)17(18)13(3)20-21/h5-9,12,16,19H,10-11H2,1-4H3. The molecule has 1 heterocycles. The fourth-order valence-electron chi connectivity index (χ4n) is 2.48. The molecule has 0 radical (unpaired) electrons. The lowest BCUT2D eigenvalue weighted by molar-refractivity contribution is 0.448. The van der Waals surface area contributed by atoms with Crippen molar-refractivity contribution < 1.29 is 0 Å². The monoisotopic (exact) mass is 305 g/mol. The molecule has 1 unspecified atom stereocenters. The van der Waals surface area contributed by atoms with Crippen LogP contribution in [0.5, 0.6) is 0 Å². The molecule has 0 fully saturated rings. The number of benzene rings is 1. The summed E-state index contributed by atoms with van der Waals surface area (Å²) in [5.74, 6) is 0.630. The maximum absolute atomic E-state index is 6.31. The molecule has 0 saturated carbocycles. The number of nitrogens with one attached hydrogen (secondary N) is 1. The van der Waals surface area contributed by atoms with Crippen LogP contribution in [0.3, 0.4) is 0 Å². The Balaban J connectivity index is 2.29. The van der Waals surface area contributed by atoms with Crippen LogP contribution in [0.1, 0.15) is 36.8 Å². The summed E-state index contributed by atoms with van der Waals surface area (Å²) in [5, 5.41) is 8.93. The summed E-state index contributed by atoms with van der Waals surface area (Å²) in [7, 11) is 0. The van der Waals surface area contributed by atoms with Crippen molar-refractivity contribution in [3.8, 4) is 0 Å². The second-order valence-electron chi connectivity index (χ2n) is 5.91. The number of aryl methyl sites for hydroxylation is 1. The van der Waals surface area contributed by atoms with Crippen molar-refractivity contribution in [2.45, 2.75) is 33.7 Å². The molecule has 1 atom stereocenters. The third-order valence-electron chi connectivity index (χ3n) is 3.61. The topological polar surface area (TPSA) is 29.9 Å². The van der Waals surface area contributed by atoms with Crippen molar-refractivity contribution in [1.29, 1.82) is 0 Å². The van der Waals surface area contributed by atoms with Crippen LogP contribution in [0.4, 0.5) is 0 Å². The van der Waals surface area contributed by atoms with Crippen molar-refractivity contribution in [1.82, 2.24) is 15.1 Å². The first-order valence-corrected chi connectivity index (χ1v) is 7.85. The molecule has 1 N–H and O–H groups in total. The summed E-state index contributed by atoms with van der Waals surface area (Å²) in [6.45, 7) is 10.3. The molecular formula is C17H24ClN3. The molecule has 2 aromatic rings. The Morgan fingerprint density at radius 2 is 1.81 bits per heavy atom. The van der Waals surface area contributed by atoms with Crippen LogP contribution in [-0.2, 0) is 0 Å². The lowest BCUT2D eigenvalue weighted by atomic mass is 10.1. The van der Waals surface area contributed by atoms with Crippen LogP contribution in [0, 0.1) is 19.8 Å². The average Bonchev–Trinajstić information content (AvgIpc) is 2.72. The molecule has 0 aliphatic heterocycles. The van der Waals surface area contributed by atoms with Crippen LogP contribution in [0.2, 0.25) is 5.02 Å². The van der Waals surface area contributed by atoms with Crippen LogP contribution in [-0.4, -0.2) is 22.9 Å². The van der Waals surface area contributed by atoms with Gasteiger partial charge in [0, 0.05) is 6.54 Å². The highest BCUT2D eigenvalue weighted by molar-refractivity contribution is 6.31. The van der Waals surface area contributed by atoms with E-state index in [1.165, 1.54) is 5.56 Å². The fourth-order valence-corrected chi connectivity index (χ4v) is 2.60. The summed E-state index contributed by atoms with van der Waals surface area (Å²) in [6, 6.07) is 10.6. The highest BCUT2D eigenvalue weighted by atomic mass is 35.5. The van der Waals surface area contributed by atoms with Crippen LogP contribution >= 0.6 is 11.6 Å². The first kappa shape index (κ1) is 16.1. The van der Waals surface area contributed by atoms with E-state index in [1.54, 1.807) is 0 Å². The quantitative estimate of drug-likeness (QED) is 0.874. The van der Waals surface area contributed by atoms with E-state index in [4.69, 9.17) is 11.6 Å². The van der Waals surface area contributed by atoms with Gasteiger partial charge in [0.25, 0.3) is 0 Å². The van der Waals surface area contributed by atoms with E-state index in [1.807, 2.05) is 24.6 Å². The van der Waals surface area contributed by atoms with E-state index in [9.17, 15) is 0 Å². The minimum Gasteiger partial charge on any atom is -0.314 e. The predicted molar refractivity (Wildman–Crippen MR) is 89.0 cm³/mol. The van der Waals surface area contributed by atoms with E-state index >= 15 is 0 Å². The van der Waals surface area contributed by atoms with Gasteiger partial charge in [-0.25, -0.2) is 0 Å². The second-order valence-corrected chi connectivity index (χ2v) is 6.29. The molecule has 0 bridgehead atoms. The average molecular weight is 306 g/mol. The van der Waals surface area contributed by atoms with Crippen LogP contribution < -0.4 is 5.32 Å². The largest absolute Gasteiger partial charge is 0.314 e. The van der Waals surface area contributed by atoms with Gasteiger partial charge in [-0.05, 0) is 31.9 Å². The number of halogens is 1. The summed E-state index contributed by atoms with van der Waals surface area (Å²) in [5.41, 5.74) is 3.16. The molecule has 0 aliphatic carbocycles. The van der Waals surface area contributed by atoms with Gasteiger partial charge in [-0.15, -0.1) is 0 Å². The predicted octanol–water partition coefficient (Wildman–Crippen LogP) is 3.99. The van der Waals surface area contributed by atoms with E-state index in [0.717, 1.165) is 29.5 Å². The van der Waals surface area contributed by atoms with Crippen molar-refractivity contribution in [3.63, 3.8) is 0 Å². The highest BCUT2D eigenvalue weighted by Gasteiger charge is 2.19. The fraction of sp³-hybridized carbons (Fsp3) is 0.471. The minimum atomic E-state index is 0.163. The van der Waals surface area contributed by atoms with Crippen molar-refractivity contribution in [2.75, 3.05) is 13.1 Å². The Kier molecular flexibility index (Phi) is 5.43. The zero-order valence-electron chi connectivity index (χ0n) is 13.2. The summed E-state index contributed by atoms with van der Waals surface area (Å²) in [6.07, 6.45) is 0. The zero-order chi connectivity index (χ0) is 15.4. The van der Waals surface area contributed by atoms with E-state index < -0.39 is 0 Å². The van der Waals surface area contributed by atoms with Crippen molar-refractivity contribution in [3.05, 3.63) is 52.3 Å². The maximum Gasteiger partial charge on any atom is 0.0896 e. The van der Waals surface area contributed by atoms with Gasteiger partial charge in [0.15, 0.2) is 0 Å². The number of hydrogen-bond acceptors (Lipinski definition) is 2. The lowest BCUT2D eigenvalue weighted by Gasteiger charge is -2.21. The molecule has 1 aromatic heterocycles. The highest BCUT2D eigenvalue weighted by Crippen LogP contribution is 2.25. The Morgan fingerprint density at radius 1 is 1.14 bits per heavy atom. The van der Waals surface area contributed by atoms with Crippen molar-refractivity contribution in [2.24, 2.45) is 5.92 Å². The first-order valence-electron chi connectivity index (χ1n) is 7.47. The Bertz CT molecular complexity index is 575. The van der Waals surface area contributed by atoms with Gasteiger partial charge in [0.1, 0.15) is 0 Å². The van der Waals surface area contributed by atoms with E-state index in [-0.39, 0.29) is 6.04 Å². The summed E-state index contributed by atoms with van der Waals surface area (Å²) < 4.78 is 2.04. The molecule has 3 nitrogen and oxygen atoms in total. The molecule has 0 spiro atoms. The number of nitrogens with zero attached hydrogens (tertiary/aromatic N) is 2. The van der Waals surface area contributed by atoms with Gasteiger partial charge in [-0.1, -0.05) is 55.8 Å². The lowest BCUT2D eigenvalue weighted by Crippen LogP contribution is -2.30. The molecule has 114 valence electrons. The Labute approximate surface area is 132 Å². The molecule has 2 rings (SSSR count). The molecule has 0 saturated heterocycles. The molecule has 0 aliphatic rings. The summed E-state index contributed by atoms with van der Waals surface area (Å²) >= 11 is 6.31. The normalized spacial score (nSPS) is 12.9. The van der Waals surface area contributed by atoms with Crippen LogP contribution in [0.15, 0.2) is 30.3 Å². The molecule has 4 heteroatoms. The van der Waals surface area contributed by atoms with Gasteiger partial charge >= 0.3 is 0 Å². The zero-order valence-corrected chi connectivity index (χ0v) is 14.0. The molecular weight excluding hydrogens is 282 g/mol. The SMILES string of the molecule is Cc1nn(C(CNCC(C)C)c2ccccc2)c(C)c1Cl. The minimum absolute atomic E-state index is 0.163. The third-order valence-corrected chi connectivity index (χ3v) is 4.15. The van der Waals surface area contributed by atoms with Gasteiger partial charge < -0.3 is 5.32 Å². The van der Waals surface area contributed by atoms with E-state index in [0.29, 0.717) is 5.92 Å². The molecule has 1 aromatic carbocycles. The number of rotatable bonds is 6. The number of aromatic nitrogens is 2. The second kappa shape index (κ2) is 7.10. The van der Waals surface area contributed by atoms with Gasteiger partial charge in [-0.3, -0.25) is 4.68 Å². The summed E-state index contributed by atoms with van der Waals surface area (Å²) in [4.78, 5) is 0. The first-order chi connectivity index (χ1) is 10.0. The smallest absolute Gasteiger partial charge is 0.0896 e.